The summed E-state index contributed by atoms with van der Waals surface area (Å²) < 4.78 is 18.6. The van der Waals surface area contributed by atoms with Crippen molar-refractivity contribution in [1.29, 1.82) is 0 Å². The minimum absolute atomic E-state index is 0.0908. The molecular weight excluding hydrogens is 241 g/mol. The van der Waals surface area contributed by atoms with Gasteiger partial charge in [-0.05, 0) is 24.3 Å². The van der Waals surface area contributed by atoms with Crippen LogP contribution in [0.25, 0.3) is 11.1 Å². The van der Waals surface area contributed by atoms with Crippen LogP contribution in [0.2, 0.25) is 5.02 Å². The molecule has 0 atom stereocenters. The molecule has 0 heterocycles. The van der Waals surface area contributed by atoms with Gasteiger partial charge in [-0.25, -0.2) is 4.39 Å². The van der Waals surface area contributed by atoms with Crippen molar-refractivity contribution in [2.24, 2.45) is 0 Å². The van der Waals surface area contributed by atoms with E-state index in [1.165, 1.54) is 6.07 Å². The molecule has 0 unspecified atom stereocenters. The molecule has 2 nitrogen and oxygen atoms in total. The van der Waals surface area contributed by atoms with Crippen LogP contribution in [0.15, 0.2) is 36.4 Å². The summed E-state index contributed by atoms with van der Waals surface area (Å²) in [5.74, 6) is 0.149. The number of nitrogens with two attached hydrogens (primary N) is 1. The first-order chi connectivity index (χ1) is 8.13. The fourth-order valence-corrected chi connectivity index (χ4v) is 1.83. The Morgan fingerprint density at radius 2 is 1.94 bits per heavy atom. The molecule has 2 N–H and O–H groups in total. The lowest BCUT2D eigenvalue weighted by molar-refractivity contribution is 0.416. The van der Waals surface area contributed by atoms with Gasteiger partial charge in [-0.3, -0.25) is 0 Å². The highest BCUT2D eigenvalue weighted by Crippen LogP contribution is 2.36. The Bertz CT molecular complexity index is 557. The molecule has 0 fully saturated rings. The largest absolute Gasteiger partial charge is 0.496 e. The van der Waals surface area contributed by atoms with Gasteiger partial charge in [0, 0.05) is 16.1 Å². The Morgan fingerprint density at radius 1 is 1.18 bits per heavy atom. The van der Waals surface area contributed by atoms with E-state index in [1.807, 2.05) is 0 Å². The van der Waals surface area contributed by atoms with Crippen LogP contribution in [0.3, 0.4) is 0 Å². The predicted molar refractivity (Wildman–Crippen MR) is 67.8 cm³/mol. The molecule has 4 heteroatoms. The smallest absolute Gasteiger partial charge is 0.146 e. The lowest BCUT2D eigenvalue weighted by atomic mass is 10.0. The van der Waals surface area contributed by atoms with Gasteiger partial charge in [-0.1, -0.05) is 23.7 Å². The molecule has 0 aliphatic rings. The molecule has 2 aromatic rings. The van der Waals surface area contributed by atoms with Crippen molar-refractivity contribution < 1.29 is 9.13 Å². The molecule has 0 aromatic heterocycles. The van der Waals surface area contributed by atoms with Crippen LogP contribution in [0.4, 0.5) is 10.1 Å². The molecule has 0 amide bonds. The Balaban J connectivity index is 2.67. The molecule has 0 aliphatic heterocycles. The van der Waals surface area contributed by atoms with Gasteiger partial charge in [-0.2, -0.15) is 0 Å². The first kappa shape index (κ1) is 11.7. The molecule has 0 saturated carbocycles. The van der Waals surface area contributed by atoms with Gasteiger partial charge in [0.2, 0.25) is 0 Å². The first-order valence-corrected chi connectivity index (χ1v) is 5.39. The summed E-state index contributed by atoms with van der Waals surface area (Å²) in [6.45, 7) is 0. The third-order valence-electron chi connectivity index (χ3n) is 2.50. The summed E-state index contributed by atoms with van der Waals surface area (Å²) >= 11 is 5.93. The molecule has 88 valence electrons. The van der Waals surface area contributed by atoms with Gasteiger partial charge < -0.3 is 10.5 Å². The molecule has 2 rings (SSSR count). The second-order valence-electron chi connectivity index (χ2n) is 3.55. The van der Waals surface area contributed by atoms with E-state index in [-0.39, 0.29) is 5.69 Å². The van der Waals surface area contributed by atoms with Crippen LogP contribution in [-0.2, 0) is 0 Å². The number of hydrogen-bond donors (Lipinski definition) is 1. The lowest BCUT2D eigenvalue weighted by Gasteiger charge is -2.11. The van der Waals surface area contributed by atoms with E-state index in [2.05, 4.69) is 0 Å². The van der Waals surface area contributed by atoms with Crippen molar-refractivity contribution in [1.82, 2.24) is 0 Å². The summed E-state index contributed by atoms with van der Waals surface area (Å²) in [5, 5.41) is 0.546. The SMILES string of the molecule is COc1ccc(Cl)cc1-c1cccc(F)c1N. The quantitative estimate of drug-likeness (QED) is 0.826. The van der Waals surface area contributed by atoms with Crippen LogP contribution in [0, 0.1) is 5.82 Å². The molecule has 0 aliphatic carbocycles. The Morgan fingerprint density at radius 3 is 2.65 bits per heavy atom. The van der Waals surface area contributed by atoms with Crippen LogP contribution in [0.1, 0.15) is 0 Å². The van der Waals surface area contributed by atoms with Crippen molar-refractivity contribution in [2.45, 2.75) is 0 Å². The van der Waals surface area contributed by atoms with Crippen LogP contribution >= 0.6 is 11.6 Å². The van der Waals surface area contributed by atoms with E-state index in [0.717, 1.165) is 0 Å². The Hall–Kier alpha value is -1.74. The number of hydrogen-bond acceptors (Lipinski definition) is 2. The number of halogens is 2. The first-order valence-electron chi connectivity index (χ1n) is 5.01. The third kappa shape index (κ3) is 2.19. The van der Waals surface area contributed by atoms with Crippen LogP contribution in [0.5, 0.6) is 5.75 Å². The van der Waals surface area contributed by atoms with Gasteiger partial charge in [0.1, 0.15) is 11.6 Å². The Kier molecular flexibility index (Phi) is 3.20. The maximum absolute atomic E-state index is 13.4. The molecule has 0 bridgehead atoms. The van der Waals surface area contributed by atoms with Crippen molar-refractivity contribution in [3.8, 4) is 16.9 Å². The molecular formula is C13H11ClFNO. The highest BCUT2D eigenvalue weighted by atomic mass is 35.5. The number of anilines is 1. The maximum atomic E-state index is 13.4. The number of para-hydroxylation sites is 1. The van der Waals surface area contributed by atoms with E-state index in [4.69, 9.17) is 22.1 Å². The number of rotatable bonds is 2. The van der Waals surface area contributed by atoms with Crippen molar-refractivity contribution in [3.63, 3.8) is 0 Å². The minimum atomic E-state index is -0.454. The summed E-state index contributed by atoms with van der Waals surface area (Å²) in [6.07, 6.45) is 0. The van der Waals surface area contributed by atoms with Gasteiger partial charge >= 0.3 is 0 Å². The predicted octanol–water partition coefficient (Wildman–Crippen LogP) is 3.74. The van der Waals surface area contributed by atoms with Crippen molar-refractivity contribution >= 4 is 17.3 Å². The molecule has 0 spiro atoms. The number of methoxy groups -OCH3 is 1. The topological polar surface area (TPSA) is 35.2 Å². The summed E-state index contributed by atoms with van der Waals surface area (Å²) in [7, 11) is 1.54. The van der Waals surface area contributed by atoms with E-state index >= 15 is 0 Å². The zero-order valence-corrected chi connectivity index (χ0v) is 9.96. The molecule has 17 heavy (non-hydrogen) atoms. The van der Waals surface area contributed by atoms with E-state index in [9.17, 15) is 4.39 Å². The minimum Gasteiger partial charge on any atom is -0.496 e. The second-order valence-corrected chi connectivity index (χ2v) is 3.98. The van der Waals surface area contributed by atoms with Gasteiger partial charge in [0.15, 0.2) is 0 Å². The molecule has 0 saturated heterocycles. The van der Waals surface area contributed by atoms with Crippen LogP contribution in [-0.4, -0.2) is 7.11 Å². The zero-order chi connectivity index (χ0) is 12.4. The maximum Gasteiger partial charge on any atom is 0.146 e. The van der Waals surface area contributed by atoms with E-state index < -0.39 is 5.82 Å². The average molecular weight is 252 g/mol. The van der Waals surface area contributed by atoms with Crippen molar-refractivity contribution in [3.05, 3.63) is 47.2 Å². The number of ether oxygens (including phenoxy) is 1. The number of benzene rings is 2. The highest BCUT2D eigenvalue weighted by molar-refractivity contribution is 6.31. The fraction of sp³-hybridized carbons (Fsp3) is 0.0769. The number of nitrogen functional groups attached to an aromatic ring is 1. The summed E-state index contributed by atoms with van der Waals surface area (Å²) in [5.41, 5.74) is 7.06. The van der Waals surface area contributed by atoms with E-state index in [0.29, 0.717) is 21.9 Å². The average Bonchev–Trinajstić information content (AvgIpc) is 2.33. The van der Waals surface area contributed by atoms with Crippen molar-refractivity contribution in [2.75, 3.05) is 12.8 Å². The standard InChI is InChI=1S/C13H11ClFNO/c1-17-12-6-5-8(14)7-10(12)9-3-2-4-11(15)13(9)16/h2-7H,16H2,1H3. The van der Waals surface area contributed by atoms with Crippen LogP contribution < -0.4 is 10.5 Å². The Labute approximate surface area is 104 Å². The molecule has 2 aromatic carbocycles. The second kappa shape index (κ2) is 4.63. The third-order valence-corrected chi connectivity index (χ3v) is 2.74. The van der Waals surface area contributed by atoms with Gasteiger partial charge in [0.25, 0.3) is 0 Å². The monoisotopic (exact) mass is 251 g/mol. The van der Waals surface area contributed by atoms with Gasteiger partial charge in [0.05, 0.1) is 12.8 Å². The van der Waals surface area contributed by atoms with E-state index in [1.54, 1.807) is 37.4 Å². The highest BCUT2D eigenvalue weighted by Gasteiger charge is 2.11. The fourth-order valence-electron chi connectivity index (χ4n) is 1.66. The lowest BCUT2D eigenvalue weighted by Crippen LogP contribution is -1.96. The summed E-state index contributed by atoms with van der Waals surface area (Å²) in [4.78, 5) is 0. The van der Waals surface area contributed by atoms with Gasteiger partial charge in [-0.15, -0.1) is 0 Å². The summed E-state index contributed by atoms with van der Waals surface area (Å²) in [6, 6.07) is 9.77. The zero-order valence-electron chi connectivity index (χ0n) is 9.21. The molecule has 0 radical (unpaired) electrons. The normalized spacial score (nSPS) is 10.3.